The van der Waals surface area contributed by atoms with Gasteiger partial charge in [0.25, 0.3) is 0 Å². The van der Waals surface area contributed by atoms with Crippen LogP contribution < -0.4 is 20.5 Å². The van der Waals surface area contributed by atoms with Crippen LogP contribution in [0, 0.1) is 0 Å². The van der Waals surface area contributed by atoms with E-state index in [1.807, 2.05) is 23.1 Å². The van der Waals surface area contributed by atoms with Gasteiger partial charge in [-0.2, -0.15) is 0 Å². The van der Waals surface area contributed by atoms with Crippen LogP contribution in [0.2, 0.25) is 0 Å². The Morgan fingerprint density at radius 1 is 1.33 bits per heavy atom. The zero-order chi connectivity index (χ0) is 15.4. The molecule has 0 spiro atoms. The Bertz CT molecular complexity index is 547. The molecule has 114 valence electrons. The third-order valence-corrected chi connectivity index (χ3v) is 3.33. The summed E-state index contributed by atoms with van der Waals surface area (Å²) in [5, 5.41) is 2.07. The molecule has 0 aromatic heterocycles. The van der Waals surface area contributed by atoms with E-state index in [4.69, 9.17) is 15.2 Å². The number of fused-ring (bicyclic) bond motifs is 1. The molecule has 2 rings (SSSR count). The summed E-state index contributed by atoms with van der Waals surface area (Å²) < 4.78 is 11.0. The second-order valence-corrected chi connectivity index (χ2v) is 4.92. The van der Waals surface area contributed by atoms with E-state index in [0.29, 0.717) is 25.5 Å². The van der Waals surface area contributed by atoms with Crippen LogP contribution in [0.4, 0.5) is 4.79 Å². The van der Waals surface area contributed by atoms with Crippen LogP contribution in [0.5, 0.6) is 11.5 Å². The number of urea groups is 1. The number of nitrogens with zero attached hydrogens (tertiary/aromatic N) is 1. The summed E-state index contributed by atoms with van der Waals surface area (Å²) in [5.41, 5.74) is 5.93. The Balaban J connectivity index is 2.00. The molecule has 3 amide bonds. The number of benzene rings is 1. The topological polar surface area (TPSA) is 93.9 Å². The maximum atomic E-state index is 11.7. The second-order valence-electron chi connectivity index (χ2n) is 4.92. The van der Waals surface area contributed by atoms with Crippen LogP contribution in [0.25, 0.3) is 0 Å². The fourth-order valence-electron chi connectivity index (χ4n) is 2.04. The molecule has 0 radical (unpaired) electrons. The van der Waals surface area contributed by atoms with Crippen molar-refractivity contribution >= 4 is 11.9 Å². The molecular formula is C14H19N3O4. The summed E-state index contributed by atoms with van der Waals surface area (Å²) in [6.07, 6.45) is 0. The SMILES string of the molecule is C[C@@H](C(=O)NC(N)=O)N(C)Cc1ccc2c(c1)OCCO2. The van der Waals surface area contributed by atoms with Gasteiger partial charge in [-0.05, 0) is 31.7 Å². The molecule has 7 heteroatoms. The Kier molecular flexibility index (Phi) is 4.64. The van der Waals surface area contributed by atoms with Gasteiger partial charge in [0.15, 0.2) is 11.5 Å². The Hall–Kier alpha value is -2.28. The van der Waals surface area contributed by atoms with Crippen molar-refractivity contribution in [3.8, 4) is 11.5 Å². The summed E-state index contributed by atoms with van der Waals surface area (Å²) in [6.45, 7) is 3.32. The van der Waals surface area contributed by atoms with Crippen LogP contribution in [0.3, 0.4) is 0 Å². The zero-order valence-corrected chi connectivity index (χ0v) is 12.1. The highest BCUT2D eigenvalue weighted by Gasteiger charge is 2.20. The van der Waals surface area contributed by atoms with Crippen molar-refractivity contribution in [3.63, 3.8) is 0 Å². The fraction of sp³-hybridized carbons (Fsp3) is 0.429. The molecule has 1 heterocycles. The molecule has 1 aliphatic rings. The minimum atomic E-state index is -0.848. The normalized spacial score (nSPS) is 14.6. The Morgan fingerprint density at radius 2 is 2.00 bits per heavy atom. The number of nitrogens with one attached hydrogen (secondary N) is 1. The second kappa shape index (κ2) is 6.45. The highest BCUT2D eigenvalue weighted by Crippen LogP contribution is 2.31. The van der Waals surface area contributed by atoms with Crippen LogP contribution in [0.1, 0.15) is 12.5 Å². The molecular weight excluding hydrogens is 274 g/mol. The van der Waals surface area contributed by atoms with Crippen molar-refractivity contribution in [1.29, 1.82) is 0 Å². The van der Waals surface area contributed by atoms with Crippen molar-refractivity contribution in [2.24, 2.45) is 5.73 Å². The van der Waals surface area contributed by atoms with E-state index in [-0.39, 0.29) is 0 Å². The van der Waals surface area contributed by atoms with Gasteiger partial charge in [0.1, 0.15) is 13.2 Å². The predicted molar refractivity (Wildman–Crippen MR) is 76.1 cm³/mol. The van der Waals surface area contributed by atoms with Crippen LogP contribution >= 0.6 is 0 Å². The van der Waals surface area contributed by atoms with Crippen LogP contribution in [0.15, 0.2) is 18.2 Å². The van der Waals surface area contributed by atoms with Crippen molar-refractivity contribution in [2.45, 2.75) is 19.5 Å². The van der Waals surface area contributed by atoms with Crippen molar-refractivity contribution in [1.82, 2.24) is 10.2 Å². The summed E-state index contributed by atoms with van der Waals surface area (Å²) in [7, 11) is 1.79. The van der Waals surface area contributed by atoms with Gasteiger partial charge in [-0.25, -0.2) is 4.79 Å². The number of carbonyl (C=O) groups is 2. The lowest BCUT2D eigenvalue weighted by Crippen LogP contribution is -2.46. The molecule has 7 nitrogen and oxygen atoms in total. The van der Waals surface area contributed by atoms with Crippen molar-refractivity contribution < 1.29 is 19.1 Å². The first-order valence-electron chi connectivity index (χ1n) is 6.66. The number of nitrogens with two attached hydrogens (primary N) is 1. The quantitative estimate of drug-likeness (QED) is 0.841. The smallest absolute Gasteiger partial charge is 0.318 e. The molecule has 0 fully saturated rings. The number of rotatable bonds is 4. The number of amides is 3. The lowest BCUT2D eigenvalue weighted by Gasteiger charge is -2.24. The fourth-order valence-corrected chi connectivity index (χ4v) is 2.04. The van der Waals surface area contributed by atoms with Crippen LogP contribution in [-0.4, -0.2) is 43.1 Å². The van der Waals surface area contributed by atoms with Crippen molar-refractivity contribution in [2.75, 3.05) is 20.3 Å². The number of imide groups is 1. The van der Waals surface area contributed by atoms with E-state index in [9.17, 15) is 9.59 Å². The first-order valence-corrected chi connectivity index (χ1v) is 6.66. The summed E-state index contributed by atoms with van der Waals surface area (Å²) in [4.78, 5) is 24.2. The average molecular weight is 293 g/mol. The van der Waals surface area contributed by atoms with E-state index in [1.165, 1.54) is 0 Å². The summed E-state index contributed by atoms with van der Waals surface area (Å²) >= 11 is 0. The summed E-state index contributed by atoms with van der Waals surface area (Å²) in [5.74, 6) is 1.01. The average Bonchev–Trinajstić information content (AvgIpc) is 2.45. The highest BCUT2D eigenvalue weighted by molar-refractivity contribution is 5.96. The van der Waals surface area contributed by atoms with Gasteiger partial charge in [-0.1, -0.05) is 6.07 Å². The predicted octanol–water partition coefficient (Wildman–Crippen LogP) is 0.473. The number of likely N-dealkylation sites (N-methyl/N-ethyl adjacent to an activating group) is 1. The number of ether oxygens (including phenoxy) is 2. The first-order chi connectivity index (χ1) is 9.97. The maximum absolute atomic E-state index is 11.7. The first kappa shape index (κ1) is 15.1. The molecule has 3 N–H and O–H groups in total. The van der Waals surface area contributed by atoms with Crippen molar-refractivity contribution in [3.05, 3.63) is 23.8 Å². The summed E-state index contributed by atoms with van der Waals surface area (Å²) in [6, 6.07) is 4.34. The van der Waals surface area contributed by atoms with E-state index >= 15 is 0 Å². The van der Waals surface area contributed by atoms with Gasteiger partial charge in [-0.15, -0.1) is 0 Å². The zero-order valence-electron chi connectivity index (χ0n) is 12.1. The largest absolute Gasteiger partial charge is 0.486 e. The molecule has 0 unspecified atom stereocenters. The molecule has 21 heavy (non-hydrogen) atoms. The third kappa shape index (κ3) is 3.85. The molecule has 0 saturated heterocycles. The van der Waals surface area contributed by atoms with Gasteiger partial charge < -0.3 is 15.2 Å². The third-order valence-electron chi connectivity index (χ3n) is 3.33. The number of hydrogen-bond donors (Lipinski definition) is 2. The van der Waals surface area contributed by atoms with Gasteiger partial charge in [0.2, 0.25) is 5.91 Å². The van der Waals surface area contributed by atoms with E-state index in [2.05, 4.69) is 5.32 Å². The Labute approximate surface area is 123 Å². The molecule has 0 bridgehead atoms. The monoisotopic (exact) mass is 293 g/mol. The van der Waals surface area contributed by atoms with Gasteiger partial charge in [0.05, 0.1) is 6.04 Å². The van der Waals surface area contributed by atoms with Crippen LogP contribution in [-0.2, 0) is 11.3 Å². The van der Waals surface area contributed by atoms with Gasteiger partial charge in [-0.3, -0.25) is 15.0 Å². The molecule has 1 aromatic rings. The maximum Gasteiger partial charge on any atom is 0.318 e. The van der Waals surface area contributed by atoms with E-state index < -0.39 is 18.0 Å². The van der Waals surface area contributed by atoms with Gasteiger partial charge in [0, 0.05) is 6.54 Å². The Morgan fingerprint density at radius 3 is 2.67 bits per heavy atom. The molecule has 1 aliphatic heterocycles. The highest BCUT2D eigenvalue weighted by atomic mass is 16.6. The minimum absolute atomic E-state index is 0.428. The molecule has 1 aromatic carbocycles. The minimum Gasteiger partial charge on any atom is -0.486 e. The number of hydrogen-bond acceptors (Lipinski definition) is 5. The van der Waals surface area contributed by atoms with E-state index in [0.717, 1.165) is 11.3 Å². The van der Waals surface area contributed by atoms with Gasteiger partial charge >= 0.3 is 6.03 Å². The number of primary amides is 1. The molecule has 0 aliphatic carbocycles. The molecule has 0 saturated carbocycles. The number of carbonyl (C=O) groups excluding carboxylic acids is 2. The lowest BCUT2D eigenvalue weighted by atomic mass is 10.1. The standard InChI is InChI=1S/C14H19N3O4/c1-9(13(18)16-14(15)19)17(2)8-10-3-4-11-12(7-10)21-6-5-20-11/h3-4,7,9H,5-6,8H2,1-2H3,(H3,15,16,18,19)/t9-/m0/s1. The molecule has 1 atom stereocenters. The lowest BCUT2D eigenvalue weighted by molar-refractivity contribution is -0.124. The van der Waals surface area contributed by atoms with E-state index in [1.54, 1.807) is 14.0 Å².